The van der Waals surface area contributed by atoms with Gasteiger partial charge in [0.15, 0.2) is 0 Å². The van der Waals surface area contributed by atoms with E-state index < -0.39 is 0 Å². The van der Waals surface area contributed by atoms with Crippen molar-refractivity contribution in [2.75, 3.05) is 13.1 Å². The summed E-state index contributed by atoms with van der Waals surface area (Å²) < 4.78 is 0. The van der Waals surface area contributed by atoms with E-state index >= 15 is 0 Å². The Labute approximate surface area is 108 Å². The van der Waals surface area contributed by atoms with Gasteiger partial charge in [-0.1, -0.05) is 0 Å². The molecule has 0 bridgehead atoms. The lowest BCUT2D eigenvalue weighted by atomic mass is 10.0. The highest BCUT2D eigenvalue weighted by atomic mass is 16.2. The number of carbonyl (C=O) groups is 2. The summed E-state index contributed by atoms with van der Waals surface area (Å²) in [5, 5.41) is 2.89. The van der Waals surface area contributed by atoms with Crippen LogP contribution in [0.4, 0.5) is 0 Å². The second-order valence-electron chi connectivity index (χ2n) is 5.58. The van der Waals surface area contributed by atoms with Gasteiger partial charge in [-0.3, -0.25) is 9.59 Å². The first-order valence-corrected chi connectivity index (χ1v) is 6.86. The summed E-state index contributed by atoms with van der Waals surface area (Å²) in [6, 6.07) is 0.135. The number of hydrogen-bond acceptors (Lipinski definition) is 3. The zero-order valence-electron chi connectivity index (χ0n) is 11.0. The molecule has 1 heterocycles. The normalized spacial score (nSPS) is 25.7. The van der Waals surface area contributed by atoms with Crippen molar-refractivity contribution in [1.29, 1.82) is 0 Å². The van der Waals surface area contributed by atoms with Gasteiger partial charge in [0.05, 0.1) is 0 Å². The van der Waals surface area contributed by atoms with Crippen molar-refractivity contribution in [2.45, 2.75) is 51.1 Å². The lowest BCUT2D eigenvalue weighted by Crippen LogP contribution is -2.50. The Morgan fingerprint density at radius 1 is 1.39 bits per heavy atom. The summed E-state index contributed by atoms with van der Waals surface area (Å²) in [5.74, 6) is 0.679. The fourth-order valence-corrected chi connectivity index (χ4v) is 2.63. The molecular weight excluding hydrogens is 230 g/mol. The second-order valence-corrected chi connectivity index (χ2v) is 5.58. The number of nitrogens with two attached hydrogens (primary N) is 1. The second kappa shape index (κ2) is 5.69. The first-order valence-electron chi connectivity index (χ1n) is 6.86. The molecule has 0 aromatic carbocycles. The molecule has 1 aliphatic carbocycles. The molecule has 5 nitrogen and oxygen atoms in total. The zero-order valence-corrected chi connectivity index (χ0v) is 11.0. The van der Waals surface area contributed by atoms with Crippen molar-refractivity contribution in [3.63, 3.8) is 0 Å². The molecule has 0 radical (unpaired) electrons. The van der Waals surface area contributed by atoms with Gasteiger partial charge in [0.1, 0.15) is 0 Å². The molecule has 18 heavy (non-hydrogen) atoms. The number of carbonyl (C=O) groups excluding carboxylic acids is 2. The average molecular weight is 253 g/mol. The van der Waals surface area contributed by atoms with Crippen LogP contribution in [0.3, 0.4) is 0 Å². The Kier molecular flexibility index (Phi) is 4.22. The lowest BCUT2D eigenvalue weighted by Gasteiger charge is -2.33. The van der Waals surface area contributed by atoms with Gasteiger partial charge in [0.25, 0.3) is 0 Å². The fraction of sp³-hybridized carbons (Fsp3) is 0.846. The minimum absolute atomic E-state index is 0.0241. The van der Waals surface area contributed by atoms with Crippen LogP contribution in [0.1, 0.15) is 39.0 Å². The molecule has 2 atom stereocenters. The van der Waals surface area contributed by atoms with E-state index in [2.05, 4.69) is 5.32 Å². The van der Waals surface area contributed by atoms with Gasteiger partial charge in [-0.25, -0.2) is 0 Å². The van der Waals surface area contributed by atoms with Crippen molar-refractivity contribution in [1.82, 2.24) is 10.2 Å². The Morgan fingerprint density at radius 2 is 2.11 bits per heavy atom. The number of nitrogens with zero attached hydrogens (tertiary/aromatic N) is 1. The average Bonchev–Trinajstić information content (AvgIpc) is 3.12. The molecule has 0 aromatic rings. The molecule has 5 heteroatoms. The monoisotopic (exact) mass is 253 g/mol. The number of amides is 2. The third-order valence-electron chi connectivity index (χ3n) is 3.82. The van der Waals surface area contributed by atoms with E-state index in [-0.39, 0.29) is 23.9 Å². The van der Waals surface area contributed by atoms with E-state index in [0.717, 1.165) is 19.4 Å². The van der Waals surface area contributed by atoms with Crippen LogP contribution < -0.4 is 11.1 Å². The van der Waals surface area contributed by atoms with E-state index in [0.29, 0.717) is 18.9 Å². The summed E-state index contributed by atoms with van der Waals surface area (Å²) in [6.45, 7) is 2.95. The van der Waals surface area contributed by atoms with E-state index in [1.165, 1.54) is 19.8 Å². The highest BCUT2D eigenvalue weighted by molar-refractivity contribution is 5.77. The highest BCUT2D eigenvalue weighted by Crippen LogP contribution is 2.33. The van der Waals surface area contributed by atoms with Gasteiger partial charge in [0.2, 0.25) is 11.8 Å². The molecule has 1 saturated carbocycles. The summed E-state index contributed by atoms with van der Waals surface area (Å²) in [6.07, 6.45) is 4.71. The van der Waals surface area contributed by atoms with Crippen LogP contribution in [0.25, 0.3) is 0 Å². The van der Waals surface area contributed by atoms with Crippen LogP contribution in [0, 0.1) is 5.92 Å². The smallest absolute Gasteiger partial charge is 0.224 e. The Hall–Kier alpha value is -1.10. The largest absolute Gasteiger partial charge is 0.352 e. The van der Waals surface area contributed by atoms with Crippen molar-refractivity contribution >= 4 is 11.8 Å². The molecule has 102 valence electrons. The van der Waals surface area contributed by atoms with Gasteiger partial charge < -0.3 is 16.0 Å². The predicted molar refractivity (Wildman–Crippen MR) is 68.7 cm³/mol. The summed E-state index contributed by atoms with van der Waals surface area (Å²) >= 11 is 0. The highest BCUT2D eigenvalue weighted by Gasteiger charge is 2.32. The first kappa shape index (κ1) is 13.3. The number of piperidine rings is 1. The molecular formula is C13H23N3O2. The Morgan fingerprint density at radius 3 is 2.72 bits per heavy atom. The maximum Gasteiger partial charge on any atom is 0.224 e. The third-order valence-corrected chi connectivity index (χ3v) is 3.82. The number of rotatable bonds is 4. The maximum absolute atomic E-state index is 12.1. The Bertz CT molecular complexity index is 328. The van der Waals surface area contributed by atoms with Gasteiger partial charge in [0, 0.05) is 38.5 Å². The predicted octanol–water partition coefficient (Wildman–Crippen LogP) is 0.241. The van der Waals surface area contributed by atoms with Crippen molar-refractivity contribution in [2.24, 2.45) is 11.7 Å². The van der Waals surface area contributed by atoms with Crippen LogP contribution in [0.2, 0.25) is 0 Å². The van der Waals surface area contributed by atoms with E-state index in [9.17, 15) is 9.59 Å². The van der Waals surface area contributed by atoms with E-state index in [1.807, 2.05) is 4.90 Å². The maximum atomic E-state index is 12.1. The van der Waals surface area contributed by atoms with E-state index in [4.69, 9.17) is 5.73 Å². The van der Waals surface area contributed by atoms with E-state index in [1.54, 1.807) is 0 Å². The van der Waals surface area contributed by atoms with Gasteiger partial charge >= 0.3 is 0 Å². The van der Waals surface area contributed by atoms with Crippen molar-refractivity contribution in [3.05, 3.63) is 0 Å². The number of nitrogens with one attached hydrogen (secondary N) is 1. The quantitative estimate of drug-likeness (QED) is 0.753. The first-order chi connectivity index (χ1) is 8.56. The van der Waals surface area contributed by atoms with Gasteiger partial charge in [-0.2, -0.15) is 0 Å². The van der Waals surface area contributed by atoms with Crippen LogP contribution in [-0.2, 0) is 9.59 Å². The standard InChI is InChI=1S/C13H23N3O2/c1-9(17)15-11-3-2-6-16(8-11)13(18)7-12(14)10-4-5-10/h10-12H,2-8,14H2,1H3,(H,15,17). The minimum atomic E-state index is -0.0241. The van der Waals surface area contributed by atoms with Gasteiger partial charge in [-0.05, 0) is 31.6 Å². The van der Waals surface area contributed by atoms with Crippen LogP contribution in [-0.4, -0.2) is 41.9 Å². The van der Waals surface area contributed by atoms with Crippen LogP contribution >= 0.6 is 0 Å². The molecule has 2 rings (SSSR count). The number of likely N-dealkylation sites (tertiary alicyclic amines) is 1. The fourth-order valence-electron chi connectivity index (χ4n) is 2.63. The summed E-state index contributed by atoms with van der Waals surface area (Å²) in [4.78, 5) is 25.0. The molecule has 0 spiro atoms. The SMILES string of the molecule is CC(=O)NC1CCCN(C(=O)CC(N)C2CC2)C1. The Balaban J connectivity index is 1.79. The van der Waals surface area contributed by atoms with Crippen molar-refractivity contribution < 1.29 is 9.59 Å². The molecule has 2 fully saturated rings. The van der Waals surface area contributed by atoms with Crippen LogP contribution in [0.15, 0.2) is 0 Å². The molecule has 1 aliphatic heterocycles. The third kappa shape index (κ3) is 3.70. The minimum Gasteiger partial charge on any atom is -0.352 e. The summed E-state index contributed by atoms with van der Waals surface area (Å²) in [7, 11) is 0. The molecule has 2 unspecified atom stereocenters. The molecule has 3 N–H and O–H groups in total. The summed E-state index contributed by atoms with van der Waals surface area (Å²) in [5.41, 5.74) is 5.98. The lowest BCUT2D eigenvalue weighted by molar-refractivity contribution is -0.133. The molecule has 0 aromatic heterocycles. The van der Waals surface area contributed by atoms with Gasteiger partial charge in [-0.15, -0.1) is 0 Å². The van der Waals surface area contributed by atoms with Crippen molar-refractivity contribution in [3.8, 4) is 0 Å². The molecule has 1 saturated heterocycles. The topological polar surface area (TPSA) is 75.4 Å². The zero-order chi connectivity index (χ0) is 13.1. The molecule has 2 aliphatic rings. The number of hydrogen-bond donors (Lipinski definition) is 2. The van der Waals surface area contributed by atoms with Crippen LogP contribution in [0.5, 0.6) is 0 Å². The molecule has 2 amide bonds.